The first-order valence-corrected chi connectivity index (χ1v) is 6.13. The fourth-order valence-corrected chi connectivity index (χ4v) is 1.61. The summed E-state index contributed by atoms with van der Waals surface area (Å²) in [5.41, 5.74) is 0.869. The molecule has 2 rings (SSSR count). The molecular weight excluding hydrogens is 268 g/mol. The minimum absolute atomic E-state index is 0.183. The van der Waals surface area contributed by atoms with E-state index < -0.39 is 11.1 Å². The van der Waals surface area contributed by atoms with Crippen LogP contribution in [0.15, 0.2) is 35.4 Å². The molecule has 0 aliphatic heterocycles. The fraction of sp³-hybridized carbons (Fsp3) is 0. The monoisotopic (exact) mass is 276 g/mol. The van der Waals surface area contributed by atoms with Crippen molar-refractivity contribution in [2.45, 2.75) is 4.90 Å². The Labute approximate surface area is 110 Å². The van der Waals surface area contributed by atoms with E-state index >= 15 is 0 Å². The van der Waals surface area contributed by atoms with E-state index in [1.165, 1.54) is 18.3 Å². The third kappa shape index (κ3) is 3.21. The maximum atomic E-state index is 10.8. The van der Waals surface area contributed by atoms with Crippen molar-refractivity contribution in [1.82, 2.24) is 20.6 Å². The Bertz CT molecular complexity index is 644. The number of nitrogens with one attached hydrogen (secondary N) is 2. The standard InChI is InChI=1S/C10H8N6O2S/c11-5-7(10-13-15-16-14-10)6-12-8-1-3-9(4-2-8)19(17)18/h1-4,6,12H,(H,17,18)(H,13,14,15,16). The predicted molar refractivity (Wildman–Crippen MR) is 66.9 cm³/mol. The normalized spacial score (nSPS) is 12.7. The van der Waals surface area contributed by atoms with E-state index in [4.69, 9.17) is 9.81 Å². The summed E-state index contributed by atoms with van der Waals surface area (Å²) in [4.78, 5) is 0.299. The minimum atomic E-state index is -2.00. The highest BCUT2D eigenvalue weighted by Gasteiger charge is 2.05. The van der Waals surface area contributed by atoms with Crippen LogP contribution in [0.4, 0.5) is 5.69 Å². The predicted octanol–water partition coefficient (Wildman–Crippen LogP) is 0.757. The molecule has 8 nitrogen and oxygen atoms in total. The number of tetrazole rings is 1. The van der Waals surface area contributed by atoms with Crippen LogP contribution in [0, 0.1) is 11.3 Å². The smallest absolute Gasteiger partial charge is 0.216 e. The van der Waals surface area contributed by atoms with Crippen molar-refractivity contribution >= 4 is 22.3 Å². The van der Waals surface area contributed by atoms with Crippen LogP contribution in [0.5, 0.6) is 0 Å². The molecule has 0 fully saturated rings. The van der Waals surface area contributed by atoms with Crippen molar-refractivity contribution in [2.75, 3.05) is 5.32 Å². The third-order valence-corrected chi connectivity index (χ3v) is 2.82. The molecule has 0 saturated carbocycles. The molecule has 19 heavy (non-hydrogen) atoms. The first kappa shape index (κ1) is 12.9. The Morgan fingerprint density at radius 3 is 2.74 bits per heavy atom. The van der Waals surface area contributed by atoms with Gasteiger partial charge in [-0.1, -0.05) is 0 Å². The molecular formula is C10H8N6O2S. The van der Waals surface area contributed by atoms with E-state index in [-0.39, 0.29) is 11.4 Å². The Morgan fingerprint density at radius 2 is 2.21 bits per heavy atom. The molecule has 1 aromatic heterocycles. The van der Waals surface area contributed by atoms with Crippen LogP contribution in [0.2, 0.25) is 0 Å². The Morgan fingerprint density at radius 1 is 1.47 bits per heavy atom. The third-order valence-electron chi connectivity index (χ3n) is 2.15. The van der Waals surface area contributed by atoms with Crippen LogP contribution in [0.25, 0.3) is 5.57 Å². The summed E-state index contributed by atoms with van der Waals surface area (Å²) in [6.07, 6.45) is 1.43. The molecule has 3 N–H and O–H groups in total. The van der Waals surface area contributed by atoms with Crippen molar-refractivity contribution in [3.8, 4) is 6.07 Å². The van der Waals surface area contributed by atoms with Crippen LogP contribution in [-0.2, 0) is 11.1 Å². The van der Waals surface area contributed by atoms with Gasteiger partial charge >= 0.3 is 0 Å². The Kier molecular flexibility index (Phi) is 3.97. The zero-order valence-corrected chi connectivity index (χ0v) is 10.3. The van der Waals surface area contributed by atoms with Crippen LogP contribution in [-0.4, -0.2) is 29.4 Å². The van der Waals surface area contributed by atoms with Gasteiger partial charge in [0.15, 0.2) is 11.1 Å². The number of H-pyrrole nitrogens is 1. The van der Waals surface area contributed by atoms with Gasteiger partial charge in [0.05, 0.1) is 4.90 Å². The molecule has 0 amide bonds. The Hall–Kier alpha value is -2.57. The number of hydrogen-bond acceptors (Lipinski definition) is 6. The summed E-state index contributed by atoms with van der Waals surface area (Å²) in [6.45, 7) is 0. The number of anilines is 1. The lowest BCUT2D eigenvalue weighted by Crippen LogP contribution is -1.94. The average Bonchev–Trinajstić information content (AvgIpc) is 2.94. The summed E-state index contributed by atoms with van der Waals surface area (Å²) < 4.78 is 19.7. The van der Waals surface area contributed by atoms with Crippen LogP contribution >= 0.6 is 0 Å². The summed E-state index contributed by atoms with van der Waals surface area (Å²) >= 11 is -2.00. The first-order valence-electron chi connectivity index (χ1n) is 5.02. The molecule has 0 saturated heterocycles. The van der Waals surface area contributed by atoms with E-state index in [0.717, 1.165) is 0 Å². The molecule has 2 aromatic rings. The summed E-state index contributed by atoms with van der Waals surface area (Å²) in [7, 11) is 0. The summed E-state index contributed by atoms with van der Waals surface area (Å²) in [6, 6.07) is 8.18. The van der Waals surface area contributed by atoms with Crippen molar-refractivity contribution in [3.05, 3.63) is 36.3 Å². The number of aromatic nitrogens is 4. The maximum absolute atomic E-state index is 10.8. The number of rotatable bonds is 4. The van der Waals surface area contributed by atoms with Gasteiger partial charge in [-0.25, -0.2) is 4.21 Å². The fourth-order valence-electron chi connectivity index (χ4n) is 1.25. The first-order chi connectivity index (χ1) is 9.20. The molecule has 1 heterocycles. The number of nitrogens with zero attached hydrogens (tertiary/aromatic N) is 4. The van der Waals surface area contributed by atoms with Crippen molar-refractivity contribution in [2.24, 2.45) is 0 Å². The summed E-state index contributed by atoms with van der Waals surface area (Å²) in [5, 5.41) is 24.8. The number of hydrogen-bond donors (Lipinski definition) is 3. The molecule has 0 bridgehead atoms. The number of aromatic amines is 1. The van der Waals surface area contributed by atoms with Gasteiger partial charge in [0.25, 0.3) is 0 Å². The van der Waals surface area contributed by atoms with Crippen LogP contribution in [0.1, 0.15) is 5.82 Å². The second-order valence-corrected chi connectivity index (χ2v) is 4.29. The van der Waals surface area contributed by atoms with E-state index in [9.17, 15) is 4.21 Å². The minimum Gasteiger partial charge on any atom is -0.360 e. The SMILES string of the molecule is N#CC(=CNc1ccc(S(=O)O)cc1)c1nn[nH]n1. The van der Waals surface area contributed by atoms with E-state index in [1.54, 1.807) is 12.1 Å². The van der Waals surface area contributed by atoms with E-state index in [0.29, 0.717) is 10.6 Å². The Balaban J connectivity index is 2.13. The van der Waals surface area contributed by atoms with Crippen LogP contribution < -0.4 is 5.32 Å². The highest BCUT2D eigenvalue weighted by atomic mass is 32.2. The molecule has 0 radical (unpaired) electrons. The lowest BCUT2D eigenvalue weighted by atomic mass is 10.3. The number of allylic oxidation sites excluding steroid dienone is 1. The largest absolute Gasteiger partial charge is 0.360 e. The molecule has 1 atom stereocenters. The van der Waals surface area contributed by atoms with Gasteiger partial charge in [0.2, 0.25) is 5.82 Å². The maximum Gasteiger partial charge on any atom is 0.216 e. The van der Waals surface area contributed by atoms with E-state index in [2.05, 4.69) is 25.9 Å². The number of nitriles is 1. The van der Waals surface area contributed by atoms with E-state index in [1.807, 2.05) is 6.07 Å². The van der Waals surface area contributed by atoms with Crippen molar-refractivity contribution < 1.29 is 8.76 Å². The molecule has 9 heteroatoms. The van der Waals surface area contributed by atoms with Gasteiger partial charge in [-0.2, -0.15) is 10.5 Å². The molecule has 0 aliphatic rings. The molecule has 1 unspecified atom stereocenters. The van der Waals surface area contributed by atoms with Gasteiger partial charge in [-0.05, 0) is 29.5 Å². The van der Waals surface area contributed by atoms with Crippen LogP contribution in [0.3, 0.4) is 0 Å². The van der Waals surface area contributed by atoms with Crippen molar-refractivity contribution in [3.63, 3.8) is 0 Å². The zero-order valence-electron chi connectivity index (χ0n) is 9.44. The highest BCUT2D eigenvalue weighted by molar-refractivity contribution is 7.79. The molecule has 0 spiro atoms. The molecule has 0 aliphatic carbocycles. The summed E-state index contributed by atoms with van der Waals surface area (Å²) in [5.74, 6) is 0.183. The van der Waals surface area contributed by atoms with Gasteiger partial charge < -0.3 is 9.87 Å². The zero-order chi connectivity index (χ0) is 13.7. The second-order valence-electron chi connectivity index (χ2n) is 3.32. The van der Waals surface area contributed by atoms with Crippen molar-refractivity contribution in [1.29, 1.82) is 5.26 Å². The molecule has 96 valence electrons. The second kappa shape index (κ2) is 5.85. The number of benzene rings is 1. The molecule has 1 aromatic carbocycles. The van der Waals surface area contributed by atoms with Gasteiger partial charge in [-0.3, -0.25) is 0 Å². The van der Waals surface area contributed by atoms with Gasteiger partial charge in [-0.15, -0.1) is 10.2 Å². The average molecular weight is 276 g/mol. The van der Waals surface area contributed by atoms with Gasteiger partial charge in [0.1, 0.15) is 11.6 Å². The quantitative estimate of drug-likeness (QED) is 0.555. The highest BCUT2D eigenvalue weighted by Crippen LogP contribution is 2.13. The lowest BCUT2D eigenvalue weighted by molar-refractivity contribution is 0.564. The van der Waals surface area contributed by atoms with Gasteiger partial charge in [0, 0.05) is 11.9 Å². The topological polar surface area (TPSA) is 128 Å². The lowest BCUT2D eigenvalue weighted by Gasteiger charge is -2.01.